The van der Waals surface area contributed by atoms with Crippen LogP contribution in [-0.4, -0.2) is 49.6 Å². The van der Waals surface area contributed by atoms with Gasteiger partial charge in [-0.1, -0.05) is 6.07 Å². The van der Waals surface area contributed by atoms with Crippen LogP contribution in [0.1, 0.15) is 22.0 Å². The van der Waals surface area contributed by atoms with Crippen molar-refractivity contribution in [2.45, 2.75) is 6.04 Å². The van der Waals surface area contributed by atoms with Crippen molar-refractivity contribution in [3.05, 3.63) is 53.9 Å². The smallest absolute Gasteiger partial charge is 0.254 e. The number of carbonyl (C=O) groups is 1. The average Bonchev–Trinajstić information content (AvgIpc) is 2.67. The zero-order valence-electron chi connectivity index (χ0n) is 13.9. The second-order valence-electron chi connectivity index (χ2n) is 5.61. The molecular formula is C18H21N3O3. The molecule has 2 aromatic rings. The van der Waals surface area contributed by atoms with E-state index >= 15 is 0 Å². The third-order valence-corrected chi connectivity index (χ3v) is 4.17. The Morgan fingerprint density at radius 3 is 2.62 bits per heavy atom. The third-order valence-electron chi connectivity index (χ3n) is 4.17. The number of hydrogen-bond acceptors (Lipinski definition) is 5. The van der Waals surface area contributed by atoms with E-state index in [1.165, 1.54) is 0 Å². The first-order valence-electron chi connectivity index (χ1n) is 7.87. The van der Waals surface area contributed by atoms with Crippen LogP contribution < -0.4 is 14.8 Å². The topological polar surface area (TPSA) is 63.7 Å². The minimum atomic E-state index is -0.0443. The predicted molar refractivity (Wildman–Crippen MR) is 90.4 cm³/mol. The second kappa shape index (κ2) is 7.31. The fraction of sp³-hybridized carbons (Fsp3) is 0.333. The first-order valence-corrected chi connectivity index (χ1v) is 7.87. The lowest BCUT2D eigenvalue weighted by atomic mass is 10.0. The number of amides is 1. The summed E-state index contributed by atoms with van der Waals surface area (Å²) in [4.78, 5) is 19.1. The zero-order chi connectivity index (χ0) is 16.9. The van der Waals surface area contributed by atoms with Gasteiger partial charge in [-0.15, -0.1) is 0 Å². The summed E-state index contributed by atoms with van der Waals surface area (Å²) in [6.07, 6.45) is 3.54. The Morgan fingerprint density at radius 1 is 1.25 bits per heavy atom. The molecule has 126 valence electrons. The quantitative estimate of drug-likeness (QED) is 0.929. The molecule has 0 bridgehead atoms. The van der Waals surface area contributed by atoms with Crippen molar-refractivity contribution in [1.29, 1.82) is 0 Å². The highest BCUT2D eigenvalue weighted by atomic mass is 16.5. The maximum atomic E-state index is 13.1. The van der Waals surface area contributed by atoms with E-state index in [1.807, 2.05) is 23.2 Å². The Bertz CT molecular complexity index is 684. The van der Waals surface area contributed by atoms with Crippen molar-refractivity contribution >= 4 is 5.91 Å². The van der Waals surface area contributed by atoms with Crippen LogP contribution >= 0.6 is 0 Å². The maximum absolute atomic E-state index is 13.1. The molecule has 1 unspecified atom stereocenters. The molecule has 2 heterocycles. The molecule has 6 nitrogen and oxygen atoms in total. The number of nitrogens with zero attached hydrogens (tertiary/aromatic N) is 2. The highest BCUT2D eigenvalue weighted by Gasteiger charge is 2.29. The van der Waals surface area contributed by atoms with Crippen molar-refractivity contribution < 1.29 is 14.3 Å². The minimum absolute atomic E-state index is 0.0393. The summed E-state index contributed by atoms with van der Waals surface area (Å²) in [5, 5.41) is 3.34. The maximum Gasteiger partial charge on any atom is 0.254 e. The molecule has 1 saturated heterocycles. The number of carbonyl (C=O) groups excluding carboxylic acids is 1. The molecule has 0 aliphatic carbocycles. The Hall–Kier alpha value is -2.60. The van der Waals surface area contributed by atoms with E-state index in [-0.39, 0.29) is 11.9 Å². The Morgan fingerprint density at radius 2 is 2.00 bits per heavy atom. The molecule has 1 fully saturated rings. The van der Waals surface area contributed by atoms with Crippen LogP contribution in [0.3, 0.4) is 0 Å². The van der Waals surface area contributed by atoms with Gasteiger partial charge in [-0.3, -0.25) is 9.78 Å². The van der Waals surface area contributed by atoms with Crippen LogP contribution in [0.15, 0.2) is 42.7 Å². The van der Waals surface area contributed by atoms with Gasteiger partial charge in [-0.05, 0) is 23.8 Å². The molecule has 1 aliphatic rings. The van der Waals surface area contributed by atoms with Crippen molar-refractivity contribution in [2.75, 3.05) is 33.9 Å². The number of methoxy groups -OCH3 is 2. The molecule has 1 atom stereocenters. The van der Waals surface area contributed by atoms with Crippen LogP contribution in [-0.2, 0) is 0 Å². The molecular weight excluding hydrogens is 306 g/mol. The van der Waals surface area contributed by atoms with E-state index in [2.05, 4.69) is 10.3 Å². The van der Waals surface area contributed by atoms with Gasteiger partial charge in [0.1, 0.15) is 11.5 Å². The summed E-state index contributed by atoms with van der Waals surface area (Å²) in [6, 6.07) is 9.09. The van der Waals surface area contributed by atoms with E-state index in [4.69, 9.17) is 9.47 Å². The van der Waals surface area contributed by atoms with E-state index in [9.17, 15) is 4.79 Å². The van der Waals surface area contributed by atoms with E-state index < -0.39 is 0 Å². The SMILES string of the molecule is COc1cc(OC)cc(C(=O)N2CCNCC2c2cccnc2)c1. The van der Waals surface area contributed by atoms with E-state index in [1.54, 1.807) is 38.6 Å². The second-order valence-corrected chi connectivity index (χ2v) is 5.61. The molecule has 1 amide bonds. The van der Waals surface area contributed by atoms with E-state index in [0.29, 0.717) is 30.2 Å². The minimum Gasteiger partial charge on any atom is -0.497 e. The van der Waals surface area contributed by atoms with Crippen LogP contribution in [0.2, 0.25) is 0 Å². The van der Waals surface area contributed by atoms with Gasteiger partial charge in [0.05, 0.1) is 20.3 Å². The van der Waals surface area contributed by atoms with Gasteiger partial charge in [0.25, 0.3) is 5.91 Å². The summed E-state index contributed by atoms with van der Waals surface area (Å²) < 4.78 is 10.5. The summed E-state index contributed by atoms with van der Waals surface area (Å²) in [5.41, 5.74) is 1.58. The summed E-state index contributed by atoms with van der Waals surface area (Å²) >= 11 is 0. The number of piperazine rings is 1. The first-order chi connectivity index (χ1) is 11.7. The zero-order valence-corrected chi connectivity index (χ0v) is 13.9. The molecule has 1 N–H and O–H groups in total. The highest BCUT2D eigenvalue weighted by Crippen LogP contribution is 2.27. The Labute approximate surface area is 141 Å². The van der Waals surface area contributed by atoms with Gasteiger partial charge in [0, 0.05) is 43.7 Å². The fourth-order valence-electron chi connectivity index (χ4n) is 2.92. The average molecular weight is 327 g/mol. The van der Waals surface area contributed by atoms with Gasteiger partial charge in [0.15, 0.2) is 0 Å². The largest absolute Gasteiger partial charge is 0.497 e. The lowest BCUT2D eigenvalue weighted by Crippen LogP contribution is -2.48. The highest BCUT2D eigenvalue weighted by molar-refractivity contribution is 5.95. The van der Waals surface area contributed by atoms with Crippen molar-refractivity contribution in [2.24, 2.45) is 0 Å². The van der Waals surface area contributed by atoms with Crippen LogP contribution in [0.4, 0.5) is 0 Å². The third kappa shape index (κ3) is 3.33. The van der Waals surface area contributed by atoms with Gasteiger partial charge >= 0.3 is 0 Å². The summed E-state index contributed by atoms with van der Waals surface area (Å²) in [6.45, 7) is 2.11. The standard InChI is InChI=1S/C18H21N3O3/c1-23-15-8-14(9-16(10-15)24-2)18(22)21-7-6-20-12-17(21)13-4-3-5-19-11-13/h3-5,8-11,17,20H,6-7,12H2,1-2H3. The molecule has 1 aromatic heterocycles. The number of ether oxygens (including phenoxy) is 2. The number of pyridine rings is 1. The molecule has 3 rings (SSSR count). The lowest BCUT2D eigenvalue weighted by molar-refractivity contribution is 0.0633. The molecule has 0 radical (unpaired) electrons. The monoisotopic (exact) mass is 327 g/mol. The molecule has 24 heavy (non-hydrogen) atoms. The summed E-state index contributed by atoms with van der Waals surface area (Å²) in [7, 11) is 3.15. The molecule has 6 heteroatoms. The normalized spacial score (nSPS) is 17.4. The van der Waals surface area contributed by atoms with Gasteiger partial charge in [-0.25, -0.2) is 0 Å². The number of rotatable bonds is 4. The fourth-order valence-corrected chi connectivity index (χ4v) is 2.92. The number of benzene rings is 1. The van der Waals surface area contributed by atoms with Gasteiger partial charge in [-0.2, -0.15) is 0 Å². The number of aromatic nitrogens is 1. The van der Waals surface area contributed by atoms with E-state index in [0.717, 1.165) is 12.1 Å². The van der Waals surface area contributed by atoms with Crippen molar-refractivity contribution in [3.63, 3.8) is 0 Å². The van der Waals surface area contributed by atoms with Gasteiger partial charge in [0.2, 0.25) is 0 Å². The Balaban J connectivity index is 1.92. The first kappa shape index (κ1) is 16.3. The van der Waals surface area contributed by atoms with Crippen molar-refractivity contribution in [3.8, 4) is 11.5 Å². The molecule has 1 aromatic carbocycles. The summed E-state index contributed by atoms with van der Waals surface area (Å²) in [5.74, 6) is 1.17. The lowest BCUT2D eigenvalue weighted by Gasteiger charge is -2.36. The Kier molecular flexibility index (Phi) is 4.96. The molecule has 0 saturated carbocycles. The van der Waals surface area contributed by atoms with Crippen LogP contribution in [0.5, 0.6) is 11.5 Å². The molecule has 0 spiro atoms. The number of nitrogens with one attached hydrogen (secondary N) is 1. The van der Waals surface area contributed by atoms with Gasteiger partial charge < -0.3 is 19.7 Å². The molecule has 1 aliphatic heterocycles. The van der Waals surface area contributed by atoms with Crippen LogP contribution in [0, 0.1) is 0 Å². The van der Waals surface area contributed by atoms with Crippen LogP contribution in [0.25, 0.3) is 0 Å². The predicted octanol–water partition coefficient (Wildman–Crippen LogP) is 1.89. The van der Waals surface area contributed by atoms with Crippen molar-refractivity contribution in [1.82, 2.24) is 15.2 Å². The number of hydrogen-bond donors (Lipinski definition) is 1.